The van der Waals surface area contributed by atoms with Crippen molar-refractivity contribution in [3.63, 3.8) is 0 Å². The molecule has 132 valence electrons. The molecule has 2 aromatic rings. The maximum absolute atomic E-state index is 12.4. The fourth-order valence-corrected chi connectivity index (χ4v) is 3.07. The molecule has 4 nitrogen and oxygen atoms in total. The van der Waals surface area contributed by atoms with E-state index >= 15 is 0 Å². The highest BCUT2D eigenvalue weighted by molar-refractivity contribution is 6.35. The number of likely N-dealkylation sites (N-methyl/N-ethyl adjacent to an activating group) is 1. The van der Waals surface area contributed by atoms with Crippen molar-refractivity contribution in [1.82, 2.24) is 10.2 Å². The van der Waals surface area contributed by atoms with Gasteiger partial charge in [-0.05, 0) is 36.8 Å². The monoisotopic (exact) mass is 398 g/mol. The van der Waals surface area contributed by atoms with Crippen molar-refractivity contribution < 1.29 is 9.59 Å². The number of hydrogen-bond donors (Lipinski definition) is 1. The van der Waals surface area contributed by atoms with Crippen molar-refractivity contribution in [2.24, 2.45) is 0 Å². The average Bonchev–Trinajstić information content (AvgIpc) is 2.58. The predicted molar refractivity (Wildman–Crippen MR) is 101 cm³/mol. The molecule has 25 heavy (non-hydrogen) atoms. The summed E-state index contributed by atoms with van der Waals surface area (Å²) < 4.78 is 0. The van der Waals surface area contributed by atoms with Crippen LogP contribution in [0.2, 0.25) is 15.1 Å². The van der Waals surface area contributed by atoms with Gasteiger partial charge in [0, 0.05) is 17.1 Å². The van der Waals surface area contributed by atoms with Crippen LogP contribution in [0.3, 0.4) is 0 Å². The van der Waals surface area contributed by atoms with Gasteiger partial charge in [-0.1, -0.05) is 53.0 Å². The quantitative estimate of drug-likeness (QED) is 0.799. The second-order valence-electron chi connectivity index (χ2n) is 5.51. The molecule has 0 spiro atoms. The van der Waals surface area contributed by atoms with Gasteiger partial charge in [-0.15, -0.1) is 0 Å². The maximum Gasteiger partial charge on any atom is 0.253 e. The van der Waals surface area contributed by atoms with Gasteiger partial charge in [0.2, 0.25) is 5.91 Å². The Kier molecular flexibility index (Phi) is 6.71. The van der Waals surface area contributed by atoms with E-state index in [1.807, 2.05) is 6.92 Å². The Labute approximate surface area is 161 Å². The minimum absolute atomic E-state index is 0.143. The first-order valence-corrected chi connectivity index (χ1v) is 8.68. The maximum atomic E-state index is 12.4. The molecule has 0 aliphatic rings. The van der Waals surface area contributed by atoms with Gasteiger partial charge >= 0.3 is 0 Å². The first kappa shape index (κ1) is 19.6. The number of benzene rings is 2. The molecular formula is C18H17Cl3N2O2. The number of halogens is 3. The zero-order chi connectivity index (χ0) is 18.6. The molecule has 2 amide bonds. The first-order valence-electron chi connectivity index (χ1n) is 7.54. The minimum atomic E-state index is -0.399. The van der Waals surface area contributed by atoms with Gasteiger partial charge in [0.1, 0.15) is 0 Å². The van der Waals surface area contributed by atoms with Crippen molar-refractivity contribution in [3.05, 3.63) is 68.7 Å². The molecule has 2 rings (SSSR count). The van der Waals surface area contributed by atoms with Crippen LogP contribution >= 0.6 is 34.8 Å². The van der Waals surface area contributed by atoms with E-state index in [1.54, 1.807) is 49.5 Å². The Bertz CT molecular complexity index is 796. The van der Waals surface area contributed by atoms with Crippen molar-refractivity contribution in [3.8, 4) is 0 Å². The van der Waals surface area contributed by atoms with E-state index in [1.165, 1.54) is 4.90 Å². The van der Waals surface area contributed by atoms with E-state index in [-0.39, 0.29) is 18.5 Å². The average molecular weight is 400 g/mol. The SMILES string of the molecule is CC(c1ccc(Cl)cc1Cl)N(C)C(=O)CNC(=O)c1ccccc1Cl. The summed E-state index contributed by atoms with van der Waals surface area (Å²) in [5.74, 6) is -0.650. The van der Waals surface area contributed by atoms with Gasteiger partial charge in [-0.2, -0.15) is 0 Å². The van der Waals surface area contributed by atoms with E-state index in [0.717, 1.165) is 5.56 Å². The molecule has 0 aliphatic heterocycles. The highest BCUT2D eigenvalue weighted by Gasteiger charge is 2.20. The van der Waals surface area contributed by atoms with E-state index in [0.29, 0.717) is 20.6 Å². The molecule has 0 aliphatic carbocycles. The first-order chi connectivity index (χ1) is 11.8. The van der Waals surface area contributed by atoms with Crippen molar-refractivity contribution in [2.45, 2.75) is 13.0 Å². The van der Waals surface area contributed by atoms with Gasteiger partial charge in [0.15, 0.2) is 0 Å². The van der Waals surface area contributed by atoms with E-state index in [2.05, 4.69) is 5.32 Å². The van der Waals surface area contributed by atoms with E-state index in [9.17, 15) is 9.59 Å². The molecule has 0 fully saturated rings. The van der Waals surface area contributed by atoms with E-state index < -0.39 is 5.91 Å². The third kappa shape index (κ3) is 4.88. The molecule has 0 saturated carbocycles. The van der Waals surface area contributed by atoms with Crippen LogP contribution in [0.25, 0.3) is 0 Å². The molecule has 1 atom stereocenters. The van der Waals surface area contributed by atoms with Crippen LogP contribution in [0.1, 0.15) is 28.9 Å². The van der Waals surface area contributed by atoms with Crippen LogP contribution in [-0.4, -0.2) is 30.3 Å². The lowest BCUT2D eigenvalue weighted by Gasteiger charge is -2.26. The summed E-state index contributed by atoms with van der Waals surface area (Å²) in [5.41, 5.74) is 1.10. The summed E-state index contributed by atoms with van der Waals surface area (Å²) in [6.07, 6.45) is 0. The summed E-state index contributed by atoms with van der Waals surface area (Å²) in [4.78, 5) is 26.0. The Balaban J connectivity index is 2.00. The number of rotatable bonds is 5. The summed E-state index contributed by atoms with van der Waals surface area (Å²) >= 11 is 18.1. The number of carbonyl (C=O) groups excluding carboxylic acids is 2. The predicted octanol–water partition coefficient (Wildman–Crippen LogP) is 4.60. The lowest BCUT2D eigenvalue weighted by molar-refractivity contribution is -0.130. The zero-order valence-electron chi connectivity index (χ0n) is 13.7. The Morgan fingerprint density at radius 1 is 1.08 bits per heavy atom. The van der Waals surface area contributed by atoms with Crippen molar-refractivity contribution >= 4 is 46.6 Å². The zero-order valence-corrected chi connectivity index (χ0v) is 16.0. The van der Waals surface area contributed by atoms with E-state index in [4.69, 9.17) is 34.8 Å². The fraction of sp³-hybridized carbons (Fsp3) is 0.222. The smallest absolute Gasteiger partial charge is 0.253 e. The third-order valence-electron chi connectivity index (χ3n) is 3.91. The van der Waals surface area contributed by atoms with Crippen LogP contribution in [0.5, 0.6) is 0 Å². The Hall–Kier alpha value is -1.75. The highest BCUT2D eigenvalue weighted by atomic mass is 35.5. The second kappa shape index (κ2) is 8.56. The molecule has 0 heterocycles. The lowest BCUT2D eigenvalue weighted by Crippen LogP contribution is -2.39. The van der Waals surface area contributed by atoms with Gasteiger partial charge in [0.05, 0.1) is 23.2 Å². The van der Waals surface area contributed by atoms with Gasteiger partial charge in [-0.3, -0.25) is 9.59 Å². The number of nitrogens with zero attached hydrogens (tertiary/aromatic N) is 1. The van der Waals surface area contributed by atoms with Crippen LogP contribution in [0.4, 0.5) is 0 Å². The molecule has 1 unspecified atom stereocenters. The largest absolute Gasteiger partial charge is 0.343 e. The summed E-state index contributed by atoms with van der Waals surface area (Å²) in [6.45, 7) is 1.71. The molecule has 2 aromatic carbocycles. The summed E-state index contributed by atoms with van der Waals surface area (Å²) in [6, 6.07) is 11.5. The summed E-state index contributed by atoms with van der Waals surface area (Å²) in [7, 11) is 1.65. The van der Waals surface area contributed by atoms with Crippen molar-refractivity contribution in [1.29, 1.82) is 0 Å². The minimum Gasteiger partial charge on any atom is -0.343 e. The number of hydrogen-bond acceptors (Lipinski definition) is 2. The van der Waals surface area contributed by atoms with Crippen molar-refractivity contribution in [2.75, 3.05) is 13.6 Å². The van der Waals surface area contributed by atoms with Gasteiger partial charge in [0.25, 0.3) is 5.91 Å². The lowest BCUT2D eigenvalue weighted by atomic mass is 10.1. The Morgan fingerprint density at radius 2 is 1.76 bits per heavy atom. The molecule has 0 saturated heterocycles. The number of amides is 2. The highest BCUT2D eigenvalue weighted by Crippen LogP contribution is 2.29. The van der Waals surface area contributed by atoms with Crippen LogP contribution < -0.4 is 5.32 Å². The topological polar surface area (TPSA) is 49.4 Å². The van der Waals surface area contributed by atoms with Crippen LogP contribution in [-0.2, 0) is 4.79 Å². The Morgan fingerprint density at radius 3 is 2.40 bits per heavy atom. The molecule has 0 bridgehead atoms. The second-order valence-corrected chi connectivity index (χ2v) is 6.76. The summed E-state index contributed by atoms with van der Waals surface area (Å²) in [5, 5.41) is 3.93. The fourth-order valence-electron chi connectivity index (χ4n) is 2.29. The molecule has 7 heteroatoms. The van der Waals surface area contributed by atoms with Crippen LogP contribution in [0, 0.1) is 0 Å². The third-order valence-corrected chi connectivity index (χ3v) is 4.80. The molecule has 1 N–H and O–H groups in total. The number of nitrogens with one attached hydrogen (secondary N) is 1. The normalized spacial score (nSPS) is 11.7. The number of carbonyl (C=O) groups is 2. The molecule has 0 aromatic heterocycles. The van der Waals surface area contributed by atoms with Gasteiger partial charge < -0.3 is 10.2 Å². The van der Waals surface area contributed by atoms with Gasteiger partial charge in [-0.25, -0.2) is 0 Å². The standard InChI is InChI=1S/C18H17Cl3N2O2/c1-11(13-8-7-12(19)9-16(13)21)23(2)17(24)10-22-18(25)14-5-3-4-6-15(14)20/h3-9,11H,10H2,1-2H3,(H,22,25). The molecular weight excluding hydrogens is 383 g/mol. The van der Waals surface area contributed by atoms with Crippen LogP contribution in [0.15, 0.2) is 42.5 Å². The molecule has 0 radical (unpaired) electrons.